The van der Waals surface area contributed by atoms with Crippen molar-refractivity contribution in [2.75, 3.05) is 11.9 Å². The second kappa shape index (κ2) is 6.40. The molecule has 0 radical (unpaired) electrons. The van der Waals surface area contributed by atoms with Gasteiger partial charge in [0.25, 0.3) is 0 Å². The molecule has 1 aliphatic rings. The highest BCUT2D eigenvalue weighted by molar-refractivity contribution is 5.94. The molecule has 2 rings (SSSR count). The molecule has 1 aromatic rings. The van der Waals surface area contributed by atoms with Crippen molar-refractivity contribution in [1.29, 1.82) is 0 Å². The van der Waals surface area contributed by atoms with E-state index in [1.54, 1.807) is 0 Å². The molecular weight excluding hydrogens is 224 g/mol. The van der Waals surface area contributed by atoms with Gasteiger partial charge in [0.05, 0.1) is 0 Å². The van der Waals surface area contributed by atoms with Crippen molar-refractivity contribution in [1.82, 2.24) is 5.43 Å². The number of rotatable bonds is 3. The Morgan fingerprint density at radius 3 is 2.94 bits per heavy atom. The lowest BCUT2D eigenvalue weighted by Gasteiger charge is -2.20. The second-order valence-electron chi connectivity index (χ2n) is 4.65. The number of hydrogen-bond acceptors (Lipinski definition) is 2. The molecule has 4 heteroatoms. The lowest BCUT2D eigenvalue weighted by molar-refractivity contribution is 0.687. The number of nitrogens with two attached hydrogens (primary N) is 1. The Balaban J connectivity index is 2.18. The number of hydrazine groups is 1. The Bertz CT molecular complexity index is 426. The molecule has 0 fully saturated rings. The van der Waals surface area contributed by atoms with Gasteiger partial charge in [0.2, 0.25) is 5.96 Å². The molecule has 0 aliphatic heterocycles. The van der Waals surface area contributed by atoms with Crippen LogP contribution in [0.25, 0.3) is 0 Å². The van der Waals surface area contributed by atoms with E-state index in [-0.39, 0.29) is 0 Å². The first-order chi connectivity index (χ1) is 8.85. The Hall–Kier alpha value is -1.55. The van der Waals surface area contributed by atoms with Crippen molar-refractivity contribution >= 4 is 11.6 Å². The van der Waals surface area contributed by atoms with Crippen LogP contribution in [0.1, 0.15) is 37.3 Å². The summed E-state index contributed by atoms with van der Waals surface area (Å²) < 4.78 is 0. The Morgan fingerprint density at radius 2 is 2.17 bits per heavy atom. The first kappa shape index (κ1) is 12.9. The van der Waals surface area contributed by atoms with Gasteiger partial charge in [0, 0.05) is 12.2 Å². The molecule has 4 N–H and O–H groups in total. The van der Waals surface area contributed by atoms with Gasteiger partial charge in [-0.15, -0.1) is 0 Å². The number of aryl methyl sites for hydroxylation is 1. The highest BCUT2D eigenvalue weighted by Gasteiger charge is 2.13. The van der Waals surface area contributed by atoms with Crippen molar-refractivity contribution in [2.45, 2.75) is 39.0 Å². The van der Waals surface area contributed by atoms with Crippen molar-refractivity contribution in [3.05, 3.63) is 29.3 Å². The molecule has 4 nitrogen and oxygen atoms in total. The smallest absolute Gasteiger partial charge is 0.210 e. The van der Waals surface area contributed by atoms with E-state index in [0.29, 0.717) is 5.96 Å². The lowest BCUT2D eigenvalue weighted by atomic mass is 9.90. The minimum atomic E-state index is 0.649. The fraction of sp³-hybridized carbons (Fsp3) is 0.500. The lowest BCUT2D eigenvalue weighted by Crippen LogP contribution is -2.36. The first-order valence-electron chi connectivity index (χ1n) is 6.74. The Labute approximate surface area is 109 Å². The summed E-state index contributed by atoms with van der Waals surface area (Å²) >= 11 is 0. The zero-order valence-corrected chi connectivity index (χ0v) is 11.0. The number of fused-ring (bicyclic) bond motifs is 1. The standard InChI is InChI=1S/C14H22N4/c1-2-10-16-14(18-15)17-13-9-5-7-11-6-3-4-8-12(11)13/h5,7,9H,2-4,6,8,10,15H2,1H3,(H2,16,17,18). The molecule has 98 valence electrons. The molecule has 0 amide bonds. The molecule has 0 unspecified atom stereocenters. The largest absolute Gasteiger partial charge is 0.325 e. The molecule has 18 heavy (non-hydrogen) atoms. The van der Waals surface area contributed by atoms with E-state index in [1.807, 2.05) is 0 Å². The van der Waals surface area contributed by atoms with Gasteiger partial charge in [-0.3, -0.25) is 10.4 Å². The van der Waals surface area contributed by atoms with E-state index in [2.05, 4.69) is 40.9 Å². The van der Waals surface area contributed by atoms with Gasteiger partial charge in [-0.2, -0.15) is 0 Å². The molecule has 0 bridgehead atoms. The maximum atomic E-state index is 5.49. The van der Waals surface area contributed by atoms with E-state index in [0.717, 1.165) is 25.1 Å². The summed E-state index contributed by atoms with van der Waals surface area (Å²) in [5.41, 5.74) is 6.65. The van der Waals surface area contributed by atoms with E-state index in [9.17, 15) is 0 Å². The molecule has 0 atom stereocenters. The van der Waals surface area contributed by atoms with Crippen LogP contribution in [0.3, 0.4) is 0 Å². The predicted octanol–water partition coefficient (Wildman–Crippen LogP) is 2.21. The Morgan fingerprint density at radius 1 is 1.33 bits per heavy atom. The van der Waals surface area contributed by atoms with Gasteiger partial charge >= 0.3 is 0 Å². The van der Waals surface area contributed by atoms with Crippen molar-refractivity contribution in [3.63, 3.8) is 0 Å². The fourth-order valence-electron chi connectivity index (χ4n) is 2.37. The van der Waals surface area contributed by atoms with Crippen molar-refractivity contribution < 1.29 is 0 Å². The second-order valence-corrected chi connectivity index (χ2v) is 4.65. The van der Waals surface area contributed by atoms with Gasteiger partial charge in [0.1, 0.15) is 0 Å². The molecule has 0 saturated carbocycles. The summed E-state index contributed by atoms with van der Waals surface area (Å²) in [6.45, 7) is 2.88. The molecule has 0 spiro atoms. The minimum absolute atomic E-state index is 0.649. The number of nitrogens with zero attached hydrogens (tertiary/aromatic N) is 1. The van der Waals surface area contributed by atoms with E-state index < -0.39 is 0 Å². The third kappa shape index (κ3) is 3.01. The van der Waals surface area contributed by atoms with Gasteiger partial charge in [-0.25, -0.2) is 5.84 Å². The van der Waals surface area contributed by atoms with E-state index >= 15 is 0 Å². The summed E-state index contributed by atoms with van der Waals surface area (Å²) in [6.07, 6.45) is 5.90. The number of hydrogen-bond donors (Lipinski definition) is 3. The summed E-state index contributed by atoms with van der Waals surface area (Å²) in [5, 5.41) is 3.31. The van der Waals surface area contributed by atoms with Crippen molar-refractivity contribution in [3.8, 4) is 0 Å². The zero-order valence-electron chi connectivity index (χ0n) is 11.0. The van der Waals surface area contributed by atoms with Crippen molar-refractivity contribution in [2.24, 2.45) is 10.8 Å². The highest BCUT2D eigenvalue weighted by atomic mass is 15.3. The average Bonchev–Trinajstić information content (AvgIpc) is 2.43. The number of anilines is 1. The minimum Gasteiger partial charge on any atom is -0.325 e. The van der Waals surface area contributed by atoms with E-state index in [1.165, 1.54) is 30.4 Å². The third-order valence-corrected chi connectivity index (χ3v) is 3.28. The summed E-state index contributed by atoms with van der Waals surface area (Å²) in [6, 6.07) is 6.42. The maximum absolute atomic E-state index is 5.49. The van der Waals surface area contributed by atoms with Crippen LogP contribution in [-0.2, 0) is 12.8 Å². The molecular formula is C14H22N4. The van der Waals surface area contributed by atoms with Crippen LogP contribution in [-0.4, -0.2) is 12.5 Å². The molecule has 1 aromatic carbocycles. The van der Waals surface area contributed by atoms with Gasteiger partial charge in [0.15, 0.2) is 0 Å². The average molecular weight is 246 g/mol. The topological polar surface area (TPSA) is 62.4 Å². The maximum Gasteiger partial charge on any atom is 0.210 e. The van der Waals surface area contributed by atoms with Crippen LogP contribution in [0.15, 0.2) is 23.2 Å². The number of nitrogens with one attached hydrogen (secondary N) is 2. The molecule has 0 heterocycles. The van der Waals surface area contributed by atoms with Gasteiger partial charge in [-0.05, 0) is 49.3 Å². The molecule has 0 saturated heterocycles. The quantitative estimate of drug-likeness (QED) is 0.331. The first-order valence-corrected chi connectivity index (χ1v) is 6.74. The zero-order chi connectivity index (χ0) is 12.8. The van der Waals surface area contributed by atoms with Gasteiger partial charge in [-0.1, -0.05) is 19.1 Å². The van der Waals surface area contributed by atoms with Crippen LogP contribution in [0.5, 0.6) is 0 Å². The monoisotopic (exact) mass is 246 g/mol. The number of aliphatic imine (C=N–C) groups is 1. The molecule has 0 aromatic heterocycles. The van der Waals surface area contributed by atoms with Crippen LogP contribution in [0, 0.1) is 0 Å². The van der Waals surface area contributed by atoms with Crippen LogP contribution in [0.4, 0.5) is 5.69 Å². The third-order valence-electron chi connectivity index (χ3n) is 3.28. The SMILES string of the molecule is CCCN=C(NN)Nc1cccc2c1CCCC2. The Kier molecular flexibility index (Phi) is 4.59. The number of guanidine groups is 1. The van der Waals surface area contributed by atoms with E-state index in [4.69, 9.17) is 5.84 Å². The predicted molar refractivity (Wildman–Crippen MR) is 76.6 cm³/mol. The fourth-order valence-corrected chi connectivity index (χ4v) is 2.37. The van der Waals surface area contributed by atoms with Crippen LogP contribution >= 0.6 is 0 Å². The summed E-state index contributed by atoms with van der Waals surface area (Å²) in [7, 11) is 0. The summed E-state index contributed by atoms with van der Waals surface area (Å²) in [5.74, 6) is 6.14. The highest BCUT2D eigenvalue weighted by Crippen LogP contribution is 2.27. The summed E-state index contributed by atoms with van der Waals surface area (Å²) in [4.78, 5) is 4.37. The normalized spacial score (nSPS) is 15.1. The van der Waals surface area contributed by atoms with Gasteiger partial charge < -0.3 is 5.32 Å². The molecule has 1 aliphatic carbocycles. The van der Waals surface area contributed by atoms with Crippen LogP contribution < -0.4 is 16.6 Å². The number of benzene rings is 1. The van der Waals surface area contributed by atoms with Crippen LogP contribution in [0.2, 0.25) is 0 Å².